The molecule has 0 atom stereocenters. The molecule has 1 aliphatic heterocycles. The Labute approximate surface area is 66.5 Å². The summed E-state index contributed by atoms with van der Waals surface area (Å²) >= 11 is 0. The Morgan fingerprint density at radius 2 is 2.36 bits per heavy atom. The molecule has 0 aromatic rings. The first-order chi connectivity index (χ1) is 5.27. The first-order valence-electron chi connectivity index (χ1n) is 3.57. The quantitative estimate of drug-likeness (QED) is 0.599. The fraction of sp³-hybridized carbons (Fsp3) is 0.429. The molecular weight excluding hydrogens is 143 g/mol. The molecule has 0 fully saturated rings. The van der Waals surface area contributed by atoms with E-state index in [0.29, 0.717) is 5.95 Å². The highest BCUT2D eigenvalue weighted by Crippen LogP contribution is 2.15. The van der Waals surface area contributed by atoms with Gasteiger partial charge in [0.2, 0.25) is 0 Å². The van der Waals surface area contributed by atoms with Crippen molar-refractivity contribution in [2.75, 3.05) is 7.11 Å². The molecule has 1 aliphatic rings. The van der Waals surface area contributed by atoms with Crippen molar-refractivity contribution in [3.05, 3.63) is 23.6 Å². The number of allylic oxidation sites excluding steroid dienone is 3. The minimum absolute atomic E-state index is 0.356. The van der Waals surface area contributed by atoms with Crippen LogP contribution in [0.3, 0.4) is 0 Å². The maximum absolute atomic E-state index is 9.26. The second-order valence-corrected chi connectivity index (χ2v) is 2.26. The van der Waals surface area contributed by atoms with Crippen molar-refractivity contribution >= 4 is 7.12 Å². The van der Waals surface area contributed by atoms with Crippen molar-refractivity contribution in [1.82, 2.24) is 0 Å². The van der Waals surface area contributed by atoms with E-state index >= 15 is 0 Å². The van der Waals surface area contributed by atoms with E-state index in [-0.39, 0.29) is 0 Å². The lowest BCUT2D eigenvalue weighted by molar-refractivity contribution is 0.134. The van der Waals surface area contributed by atoms with Crippen molar-refractivity contribution < 1.29 is 14.4 Å². The zero-order chi connectivity index (χ0) is 8.27. The fourth-order valence-electron chi connectivity index (χ4n) is 0.891. The Balaban J connectivity index is 2.69. The summed E-state index contributed by atoms with van der Waals surface area (Å²) in [5.41, 5.74) is 0.866. The van der Waals surface area contributed by atoms with Gasteiger partial charge < -0.3 is 14.4 Å². The molecule has 0 saturated heterocycles. The first-order valence-corrected chi connectivity index (χ1v) is 3.57. The largest absolute Gasteiger partial charge is 0.557 e. The predicted molar refractivity (Wildman–Crippen MR) is 42.5 cm³/mol. The minimum atomic E-state index is -0.833. The normalized spacial score (nSPS) is 16.8. The average molecular weight is 154 g/mol. The highest BCUT2D eigenvalue weighted by molar-refractivity contribution is 6.52. The molecule has 1 heterocycles. The van der Waals surface area contributed by atoms with Crippen LogP contribution in [0.1, 0.15) is 13.3 Å². The number of ether oxygens (including phenoxy) is 1. The van der Waals surface area contributed by atoms with E-state index in [1.807, 2.05) is 13.0 Å². The number of hydrogen-bond donors (Lipinski definition) is 1. The number of methoxy groups -OCH3 is 1. The van der Waals surface area contributed by atoms with Gasteiger partial charge in [0.05, 0.1) is 7.11 Å². The third kappa shape index (κ3) is 1.77. The van der Waals surface area contributed by atoms with Gasteiger partial charge in [-0.2, -0.15) is 0 Å². The van der Waals surface area contributed by atoms with E-state index in [2.05, 4.69) is 0 Å². The van der Waals surface area contributed by atoms with Gasteiger partial charge in [0.25, 0.3) is 5.95 Å². The standard InChI is InChI=1S/C7H11BO3/c1-3-6-4-5-7(10-2)11-8(6)9/h4-5,9H,3H2,1-2H3. The predicted octanol–water partition coefficient (Wildman–Crippen LogP) is 0.860. The Kier molecular flexibility index (Phi) is 2.60. The minimum Gasteiger partial charge on any atom is -0.506 e. The number of rotatable bonds is 2. The lowest BCUT2D eigenvalue weighted by atomic mass is 9.76. The zero-order valence-electron chi connectivity index (χ0n) is 6.70. The summed E-state index contributed by atoms with van der Waals surface area (Å²) < 4.78 is 9.75. The maximum atomic E-state index is 9.26. The molecule has 0 aromatic heterocycles. The van der Waals surface area contributed by atoms with Crippen molar-refractivity contribution in [1.29, 1.82) is 0 Å². The van der Waals surface area contributed by atoms with Gasteiger partial charge in [0.15, 0.2) is 0 Å². The first kappa shape index (κ1) is 8.20. The molecule has 0 radical (unpaired) electrons. The van der Waals surface area contributed by atoms with Crippen LogP contribution < -0.4 is 0 Å². The van der Waals surface area contributed by atoms with Crippen LogP contribution in [-0.2, 0) is 9.39 Å². The third-order valence-corrected chi connectivity index (χ3v) is 1.59. The van der Waals surface area contributed by atoms with Gasteiger partial charge >= 0.3 is 7.12 Å². The molecule has 3 nitrogen and oxygen atoms in total. The van der Waals surface area contributed by atoms with Gasteiger partial charge in [-0.05, 0) is 11.9 Å². The Hall–Kier alpha value is -0.895. The van der Waals surface area contributed by atoms with E-state index in [9.17, 15) is 5.02 Å². The van der Waals surface area contributed by atoms with Gasteiger partial charge in [-0.3, -0.25) is 0 Å². The zero-order valence-corrected chi connectivity index (χ0v) is 6.70. The summed E-state index contributed by atoms with van der Waals surface area (Å²) in [5.74, 6) is 0.356. The molecular formula is C7H11BO3. The summed E-state index contributed by atoms with van der Waals surface area (Å²) in [4.78, 5) is 0. The van der Waals surface area contributed by atoms with Crippen molar-refractivity contribution in [3.8, 4) is 0 Å². The van der Waals surface area contributed by atoms with Crippen LogP contribution in [0.2, 0.25) is 0 Å². The topological polar surface area (TPSA) is 38.7 Å². The van der Waals surface area contributed by atoms with Crippen LogP contribution in [0.4, 0.5) is 0 Å². The van der Waals surface area contributed by atoms with Crippen LogP contribution in [-0.4, -0.2) is 19.3 Å². The van der Waals surface area contributed by atoms with Crippen LogP contribution in [0.15, 0.2) is 23.6 Å². The molecule has 60 valence electrons. The van der Waals surface area contributed by atoms with Gasteiger partial charge in [0, 0.05) is 6.08 Å². The lowest BCUT2D eigenvalue weighted by Crippen LogP contribution is -2.23. The Bertz CT molecular complexity index is 198. The molecule has 1 N–H and O–H groups in total. The van der Waals surface area contributed by atoms with Crippen molar-refractivity contribution in [3.63, 3.8) is 0 Å². The van der Waals surface area contributed by atoms with Crippen molar-refractivity contribution in [2.24, 2.45) is 0 Å². The highest BCUT2D eigenvalue weighted by atomic mass is 16.7. The second-order valence-electron chi connectivity index (χ2n) is 2.26. The average Bonchev–Trinajstić information content (AvgIpc) is 2.04. The summed E-state index contributed by atoms with van der Waals surface area (Å²) in [7, 11) is 0.670. The molecule has 1 rings (SSSR count). The lowest BCUT2D eigenvalue weighted by Gasteiger charge is -2.16. The number of hydrogen-bond acceptors (Lipinski definition) is 3. The van der Waals surface area contributed by atoms with E-state index in [1.165, 1.54) is 7.11 Å². The van der Waals surface area contributed by atoms with Crippen LogP contribution in [0.5, 0.6) is 0 Å². The Morgan fingerprint density at radius 1 is 1.64 bits per heavy atom. The molecule has 0 aromatic carbocycles. The summed E-state index contributed by atoms with van der Waals surface area (Å²) in [6.07, 6.45) is 4.30. The van der Waals surface area contributed by atoms with E-state index in [4.69, 9.17) is 9.39 Å². The van der Waals surface area contributed by atoms with Gasteiger partial charge in [0.1, 0.15) is 0 Å². The van der Waals surface area contributed by atoms with Crippen molar-refractivity contribution in [2.45, 2.75) is 13.3 Å². The highest BCUT2D eigenvalue weighted by Gasteiger charge is 2.24. The monoisotopic (exact) mass is 154 g/mol. The molecule has 0 aliphatic carbocycles. The van der Waals surface area contributed by atoms with Gasteiger partial charge in [-0.25, -0.2) is 0 Å². The summed E-state index contributed by atoms with van der Waals surface area (Å²) in [6, 6.07) is 0. The molecule has 0 spiro atoms. The molecule has 4 heteroatoms. The van der Waals surface area contributed by atoms with Crippen LogP contribution >= 0.6 is 0 Å². The summed E-state index contributed by atoms with van der Waals surface area (Å²) in [5, 5.41) is 9.26. The molecule has 11 heavy (non-hydrogen) atoms. The van der Waals surface area contributed by atoms with E-state index in [0.717, 1.165) is 11.9 Å². The summed E-state index contributed by atoms with van der Waals surface area (Å²) in [6.45, 7) is 1.96. The van der Waals surface area contributed by atoms with Gasteiger partial charge in [-0.15, -0.1) is 0 Å². The molecule has 0 bridgehead atoms. The maximum Gasteiger partial charge on any atom is 0.557 e. The molecule has 0 amide bonds. The Morgan fingerprint density at radius 3 is 2.82 bits per heavy atom. The second kappa shape index (κ2) is 3.48. The van der Waals surface area contributed by atoms with Crippen LogP contribution in [0, 0.1) is 0 Å². The van der Waals surface area contributed by atoms with Crippen LogP contribution in [0.25, 0.3) is 0 Å². The fourth-order valence-corrected chi connectivity index (χ4v) is 0.891. The SMILES string of the molecule is CCC1=CC=C(OC)OB1O. The molecule has 0 saturated carbocycles. The third-order valence-electron chi connectivity index (χ3n) is 1.59. The van der Waals surface area contributed by atoms with E-state index < -0.39 is 7.12 Å². The molecule has 0 unspecified atom stereocenters. The van der Waals surface area contributed by atoms with Gasteiger partial charge in [-0.1, -0.05) is 13.0 Å². The smallest absolute Gasteiger partial charge is 0.506 e. The van der Waals surface area contributed by atoms with E-state index in [1.54, 1.807) is 6.08 Å².